The molecular weight excluding hydrogens is 586 g/mol. The smallest absolute Gasteiger partial charge is 0.251 e. The maximum atomic E-state index is 13.1. The second-order valence-corrected chi connectivity index (χ2v) is 11.9. The fourth-order valence-electron chi connectivity index (χ4n) is 4.54. The lowest BCUT2D eigenvalue weighted by Gasteiger charge is -2.16. The van der Waals surface area contributed by atoms with Gasteiger partial charge in [0, 0.05) is 23.8 Å². The third kappa shape index (κ3) is 5.36. The van der Waals surface area contributed by atoms with Crippen molar-refractivity contribution < 1.29 is 30.7 Å². The van der Waals surface area contributed by atoms with E-state index in [0.717, 1.165) is 6.07 Å². The lowest BCUT2D eigenvalue weighted by molar-refractivity contribution is -0.116. The zero-order valence-corrected chi connectivity index (χ0v) is 23.5. The summed E-state index contributed by atoms with van der Waals surface area (Å²) in [7, 11) is -8.56. The third-order valence-corrected chi connectivity index (χ3v) is 8.17. The average Bonchev–Trinajstić information content (AvgIpc) is 3.41. The number of aromatic nitrogens is 3. The van der Waals surface area contributed by atoms with Crippen LogP contribution in [0.25, 0.3) is 26.5 Å². The largest absolute Gasteiger partial charge is 0.744 e. The Hall–Kier alpha value is -4.95. The normalized spacial score (nSPS) is 12.3. The van der Waals surface area contributed by atoms with Crippen molar-refractivity contribution >= 4 is 70.7 Å². The van der Waals surface area contributed by atoms with Gasteiger partial charge in [-0.1, -0.05) is 24.3 Å². The molecule has 3 aromatic carbocycles. The number of nitrogens with zero attached hydrogens (tertiary/aromatic N) is 6. The molecule has 0 aliphatic carbocycles. The molecule has 5 rings (SSSR count). The second-order valence-electron chi connectivity index (χ2n) is 9.14. The third-order valence-electron chi connectivity index (χ3n) is 6.48. The molecule has 0 aliphatic heterocycles. The molecule has 214 valence electrons. The van der Waals surface area contributed by atoms with Crippen molar-refractivity contribution in [1.82, 2.24) is 14.3 Å². The van der Waals surface area contributed by atoms with Gasteiger partial charge in [-0.2, -0.15) is 5.10 Å². The highest BCUT2D eigenvalue weighted by atomic mass is 32.2. The van der Waals surface area contributed by atoms with E-state index in [4.69, 9.17) is 6.57 Å². The van der Waals surface area contributed by atoms with Crippen molar-refractivity contribution in [3.63, 3.8) is 0 Å². The molecule has 0 unspecified atom stereocenters. The zero-order chi connectivity index (χ0) is 30.4. The quantitative estimate of drug-likeness (QED) is 0.161. The SMILES string of the molecule is [C-]#[N+]c1cnn(C)c1N=Nc1c(C)n(CC(=O)Nc2ccc3c(S(=O)(=O)[O-])cc(S(=O)(=O)[O-])cc3c2)c2ccccc12. The molecule has 1 N–H and O–H groups in total. The number of carbonyl (C=O) groups is 1. The number of hydrogen-bond donors (Lipinski definition) is 1. The minimum absolute atomic E-state index is 0.0432. The van der Waals surface area contributed by atoms with Crippen molar-refractivity contribution in [3.8, 4) is 0 Å². The molecule has 0 atom stereocenters. The molecule has 0 radical (unpaired) electrons. The first-order chi connectivity index (χ1) is 19.8. The van der Waals surface area contributed by atoms with Crippen LogP contribution in [-0.4, -0.2) is 46.2 Å². The summed E-state index contributed by atoms with van der Waals surface area (Å²) < 4.78 is 73.1. The van der Waals surface area contributed by atoms with Gasteiger partial charge in [0.1, 0.15) is 32.5 Å². The molecule has 2 heterocycles. The minimum Gasteiger partial charge on any atom is -0.744 e. The zero-order valence-electron chi connectivity index (χ0n) is 21.8. The maximum Gasteiger partial charge on any atom is 0.251 e. The monoisotopic (exact) mass is 605 g/mol. The van der Waals surface area contributed by atoms with E-state index in [1.54, 1.807) is 30.7 Å². The Labute approximate surface area is 239 Å². The van der Waals surface area contributed by atoms with Gasteiger partial charge in [0.2, 0.25) is 5.91 Å². The number of fused-ring (bicyclic) bond motifs is 2. The van der Waals surface area contributed by atoms with E-state index in [-0.39, 0.29) is 34.5 Å². The Balaban J connectivity index is 1.49. The van der Waals surface area contributed by atoms with Crippen LogP contribution in [-0.2, 0) is 38.6 Å². The van der Waals surface area contributed by atoms with Gasteiger partial charge in [0.05, 0.1) is 28.1 Å². The highest BCUT2D eigenvalue weighted by Crippen LogP contribution is 2.36. The number of rotatable bonds is 7. The van der Waals surface area contributed by atoms with Gasteiger partial charge in [-0.05, 0) is 48.0 Å². The summed E-state index contributed by atoms with van der Waals surface area (Å²) in [4.78, 5) is 14.8. The Kier molecular flexibility index (Phi) is 7.12. The Morgan fingerprint density at radius 3 is 2.45 bits per heavy atom. The average molecular weight is 606 g/mol. The topological polar surface area (TPSA) is 195 Å². The predicted molar refractivity (Wildman–Crippen MR) is 149 cm³/mol. The molecule has 14 nitrogen and oxygen atoms in total. The number of carbonyl (C=O) groups excluding carboxylic acids is 1. The molecule has 1 amide bonds. The van der Waals surface area contributed by atoms with Crippen molar-refractivity contribution in [3.05, 3.63) is 77.9 Å². The van der Waals surface area contributed by atoms with Crippen LogP contribution >= 0.6 is 0 Å². The van der Waals surface area contributed by atoms with Crippen LogP contribution in [0.5, 0.6) is 0 Å². The number of aryl methyl sites for hydroxylation is 1. The van der Waals surface area contributed by atoms with E-state index < -0.39 is 35.9 Å². The first kappa shape index (κ1) is 28.6. The van der Waals surface area contributed by atoms with E-state index in [1.807, 2.05) is 12.1 Å². The van der Waals surface area contributed by atoms with Gasteiger partial charge in [0.15, 0.2) is 5.82 Å². The molecule has 2 aromatic heterocycles. The molecule has 0 aliphatic rings. The Bertz CT molecular complexity index is 2210. The van der Waals surface area contributed by atoms with E-state index >= 15 is 0 Å². The van der Waals surface area contributed by atoms with Gasteiger partial charge in [-0.3, -0.25) is 9.48 Å². The van der Waals surface area contributed by atoms with Crippen LogP contribution in [0.2, 0.25) is 0 Å². The molecular formula is C26H19N7O7S2-2. The summed E-state index contributed by atoms with van der Waals surface area (Å²) in [6, 6.07) is 12.5. The summed E-state index contributed by atoms with van der Waals surface area (Å²) in [5.41, 5.74) is 2.18. The summed E-state index contributed by atoms with van der Waals surface area (Å²) >= 11 is 0. The molecule has 0 saturated heterocycles. The van der Waals surface area contributed by atoms with E-state index in [1.165, 1.54) is 29.1 Å². The molecule has 42 heavy (non-hydrogen) atoms. The van der Waals surface area contributed by atoms with Crippen LogP contribution in [0, 0.1) is 13.5 Å². The van der Waals surface area contributed by atoms with Gasteiger partial charge < -0.3 is 19.0 Å². The number of azo groups is 1. The molecule has 0 saturated carbocycles. The first-order valence-electron chi connectivity index (χ1n) is 12.0. The van der Waals surface area contributed by atoms with Gasteiger partial charge in [-0.25, -0.2) is 21.7 Å². The highest BCUT2D eigenvalue weighted by molar-refractivity contribution is 7.86. The molecule has 5 aromatic rings. The highest BCUT2D eigenvalue weighted by Gasteiger charge is 2.18. The standard InChI is InChI=1S/C26H21N7O7S2/c1-15-25(30-31-26-21(27-2)13-28-32(26)3)20-6-4-5-7-22(20)33(15)14-24(34)29-17-8-9-19-16(10-17)11-18(41(35,36)37)12-23(19)42(38,39)40/h4-13H,14H2,1,3H3,(H,29,34)(H,35,36,37)(H,38,39,40)/p-2. The summed E-state index contributed by atoms with van der Waals surface area (Å²) in [5, 5.41) is 15.8. The fraction of sp³-hybridized carbons (Fsp3) is 0.115. The van der Waals surface area contributed by atoms with Crippen LogP contribution in [0.1, 0.15) is 5.69 Å². The van der Waals surface area contributed by atoms with Crippen molar-refractivity contribution in [2.75, 3.05) is 5.32 Å². The molecule has 0 bridgehead atoms. The Morgan fingerprint density at radius 1 is 1.02 bits per heavy atom. The van der Waals surface area contributed by atoms with E-state index in [0.29, 0.717) is 28.4 Å². The van der Waals surface area contributed by atoms with Crippen LogP contribution in [0.15, 0.2) is 80.8 Å². The number of amides is 1. The second kappa shape index (κ2) is 10.5. The first-order valence-corrected chi connectivity index (χ1v) is 14.8. The number of hydrogen-bond acceptors (Lipinski definition) is 10. The van der Waals surface area contributed by atoms with Crippen LogP contribution in [0.3, 0.4) is 0 Å². The predicted octanol–water partition coefficient (Wildman–Crippen LogP) is 4.25. The van der Waals surface area contributed by atoms with Gasteiger partial charge in [0.25, 0.3) is 5.69 Å². The molecule has 0 fully saturated rings. The van der Waals surface area contributed by atoms with Crippen molar-refractivity contribution in [2.45, 2.75) is 23.3 Å². The number of nitrogens with one attached hydrogen (secondary N) is 1. The van der Waals surface area contributed by atoms with Crippen LogP contribution in [0.4, 0.5) is 22.9 Å². The number of anilines is 1. The van der Waals surface area contributed by atoms with E-state index in [2.05, 4.69) is 25.5 Å². The maximum absolute atomic E-state index is 13.1. The summed E-state index contributed by atoms with van der Waals surface area (Å²) in [5.74, 6) is -0.218. The van der Waals surface area contributed by atoms with E-state index in [9.17, 15) is 30.7 Å². The van der Waals surface area contributed by atoms with Crippen molar-refractivity contribution in [2.24, 2.45) is 17.3 Å². The number of para-hydroxylation sites is 1. The van der Waals surface area contributed by atoms with Gasteiger partial charge >= 0.3 is 0 Å². The minimum atomic E-state index is -5.12. The summed E-state index contributed by atoms with van der Waals surface area (Å²) in [6.45, 7) is 8.87. The lowest BCUT2D eigenvalue weighted by Crippen LogP contribution is -2.19. The summed E-state index contributed by atoms with van der Waals surface area (Å²) in [6.07, 6.45) is 1.38. The van der Waals surface area contributed by atoms with Crippen molar-refractivity contribution in [1.29, 1.82) is 0 Å². The van der Waals surface area contributed by atoms with Crippen LogP contribution < -0.4 is 5.32 Å². The van der Waals surface area contributed by atoms with Gasteiger partial charge in [-0.15, -0.1) is 10.2 Å². The molecule has 16 heteroatoms. The molecule has 0 spiro atoms. The number of benzene rings is 3. The fourth-order valence-corrected chi connectivity index (χ4v) is 5.87. The lowest BCUT2D eigenvalue weighted by atomic mass is 10.1. The Morgan fingerprint density at radius 2 is 1.76 bits per heavy atom.